The number of benzene rings is 1. The highest BCUT2D eigenvalue weighted by atomic mass is 32.2. The Kier molecular flexibility index (Phi) is 12.4. The van der Waals surface area contributed by atoms with Crippen molar-refractivity contribution in [1.82, 2.24) is 35.2 Å². The van der Waals surface area contributed by atoms with Crippen LogP contribution in [0.2, 0.25) is 0 Å². The summed E-state index contributed by atoms with van der Waals surface area (Å²) < 4.78 is 29.9. The van der Waals surface area contributed by atoms with Gasteiger partial charge in [-0.2, -0.15) is 11.8 Å². The molecule has 6 N–H and O–H groups in total. The number of likely N-dealkylation sites (tertiary alicyclic amines) is 1. The second kappa shape index (κ2) is 16.7. The van der Waals surface area contributed by atoms with Crippen LogP contribution in [-0.4, -0.2) is 105 Å². The monoisotopic (exact) mass is 800 g/mol. The number of thioether (sulfide) groups is 1. The number of carbonyl (C=O) groups excluding carboxylic acids is 5. The maximum Gasteiger partial charge on any atom is 0.287 e. The van der Waals surface area contributed by atoms with Gasteiger partial charge in [-0.1, -0.05) is 43.7 Å². The Bertz CT molecular complexity index is 1860. The Morgan fingerprint density at radius 1 is 1.02 bits per heavy atom. The molecule has 2 unspecified atom stereocenters. The van der Waals surface area contributed by atoms with E-state index in [1.54, 1.807) is 25.6 Å². The van der Waals surface area contributed by atoms with E-state index in [4.69, 9.17) is 5.73 Å². The van der Waals surface area contributed by atoms with E-state index in [0.29, 0.717) is 23.6 Å². The van der Waals surface area contributed by atoms with Crippen molar-refractivity contribution in [2.45, 2.75) is 131 Å². The van der Waals surface area contributed by atoms with Crippen LogP contribution < -0.4 is 21.1 Å². The summed E-state index contributed by atoms with van der Waals surface area (Å²) in [5, 5.41) is 24.9. The summed E-state index contributed by atoms with van der Waals surface area (Å²) in [6, 6.07) is 2.66. The number of nitrogens with two attached hydrogens (primary N) is 1. The molecule has 300 valence electrons. The Morgan fingerprint density at radius 3 is 2.29 bits per heavy atom. The van der Waals surface area contributed by atoms with Gasteiger partial charge in [0.25, 0.3) is 11.8 Å². The summed E-state index contributed by atoms with van der Waals surface area (Å²) in [7, 11) is -3.76. The molecule has 4 aliphatic rings. The summed E-state index contributed by atoms with van der Waals surface area (Å²) in [5.74, 6) is -2.61. The number of nitrogens with zero attached hydrogens (tertiary/aromatic N) is 4. The number of carbonyl (C=O) groups is 5. The largest absolute Gasteiger partial charge is 0.384 e. The predicted octanol–water partition coefficient (Wildman–Crippen LogP) is 1.68. The third-order valence-electron chi connectivity index (χ3n) is 11.5. The van der Waals surface area contributed by atoms with Gasteiger partial charge in [0.2, 0.25) is 27.6 Å². The first kappa shape index (κ1) is 40.8. The number of primary amides is 1. The highest BCUT2D eigenvalue weighted by molar-refractivity contribution is 7.99. The van der Waals surface area contributed by atoms with Crippen molar-refractivity contribution in [2.24, 2.45) is 11.7 Å². The lowest BCUT2D eigenvalue weighted by molar-refractivity contribution is -0.145. The van der Waals surface area contributed by atoms with Crippen LogP contribution in [0.1, 0.15) is 113 Å². The van der Waals surface area contributed by atoms with Crippen molar-refractivity contribution < 1.29 is 37.5 Å². The molecule has 2 aromatic rings. The fourth-order valence-electron chi connectivity index (χ4n) is 8.14. The number of Topliss-reactive ketones (excluding diaryl/α,β-unsaturated/α-hetero) is 1. The number of nitrogens with one attached hydrogen (secondary N) is 3. The fraction of sp³-hybridized carbons (Fsp3) is 0.649. The van der Waals surface area contributed by atoms with Crippen LogP contribution in [0.4, 0.5) is 0 Å². The van der Waals surface area contributed by atoms with Crippen molar-refractivity contribution in [2.75, 3.05) is 18.1 Å². The Balaban J connectivity index is 1.29. The smallest absolute Gasteiger partial charge is 0.287 e. The molecule has 3 atom stereocenters. The number of hydrogen-bond acceptors (Lipinski definition) is 11. The van der Waals surface area contributed by atoms with Crippen molar-refractivity contribution in [1.29, 1.82) is 0 Å². The van der Waals surface area contributed by atoms with Crippen molar-refractivity contribution in [3.63, 3.8) is 0 Å². The summed E-state index contributed by atoms with van der Waals surface area (Å²) in [5.41, 5.74) is 3.12. The SMILES string of the molecule is CC(C)(O)c1cnnn1C1CC(C(=O)NC2(C(=O)C(N)=O)CCSCC2)N(C(=O)[C@@H](CC2CCCCC2)NC(=O)c2ccc(S(=O)(=O)NC3CCC3)cc2)C1. The fourth-order valence-corrected chi connectivity index (χ4v) is 10.6. The van der Waals surface area contributed by atoms with Gasteiger partial charge in [-0.3, -0.25) is 24.0 Å². The summed E-state index contributed by atoms with van der Waals surface area (Å²) in [6.07, 6.45) is 9.49. The van der Waals surface area contributed by atoms with E-state index in [9.17, 15) is 37.5 Å². The third kappa shape index (κ3) is 9.24. The molecule has 55 heavy (non-hydrogen) atoms. The summed E-state index contributed by atoms with van der Waals surface area (Å²) in [6.45, 7) is 3.13. The lowest BCUT2D eigenvalue weighted by atomic mass is 9.84. The molecule has 0 spiro atoms. The molecule has 4 amide bonds. The molecular formula is C37H52N8O8S2. The van der Waals surface area contributed by atoms with Gasteiger partial charge in [0.1, 0.15) is 23.2 Å². The zero-order chi connectivity index (χ0) is 39.5. The predicted molar refractivity (Wildman–Crippen MR) is 203 cm³/mol. The first-order chi connectivity index (χ1) is 26.1. The molecule has 4 fully saturated rings. The normalized spacial score (nSPS) is 22.7. The number of amides is 4. The van der Waals surface area contributed by atoms with Crippen LogP contribution in [0, 0.1) is 5.92 Å². The second-order valence-electron chi connectivity index (χ2n) is 15.9. The van der Waals surface area contributed by atoms with Gasteiger partial charge in [0.15, 0.2) is 0 Å². The van der Waals surface area contributed by atoms with E-state index < -0.39 is 68.7 Å². The summed E-state index contributed by atoms with van der Waals surface area (Å²) >= 11 is 1.59. The van der Waals surface area contributed by atoms with Gasteiger partial charge in [-0.05, 0) is 87.6 Å². The number of aromatic nitrogens is 3. The molecule has 2 saturated carbocycles. The number of sulfonamides is 1. The Hall–Kier alpha value is -3.87. The second-order valence-corrected chi connectivity index (χ2v) is 18.9. The molecule has 1 aromatic heterocycles. The van der Waals surface area contributed by atoms with Gasteiger partial charge in [0.05, 0.1) is 22.8 Å². The highest BCUT2D eigenvalue weighted by Crippen LogP contribution is 2.35. The van der Waals surface area contributed by atoms with Gasteiger partial charge in [-0.25, -0.2) is 17.8 Å². The maximum atomic E-state index is 14.8. The van der Waals surface area contributed by atoms with Gasteiger partial charge < -0.3 is 26.4 Å². The zero-order valence-electron chi connectivity index (χ0n) is 31.4. The van der Waals surface area contributed by atoms with Gasteiger partial charge in [-0.15, -0.1) is 5.10 Å². The third-order valence-corrected chi connectivity index (χ3v) is 14.1. The average Bonchev–Trinajstić information content (AvgIpc) is 3.82. The first-order valence-electron chi connectivity index (χ1n) is 19.2. The molecular weight excluding hydrogens is 749 g/mol. The van der Waals surface area contributed by atoms with Crippen molar-refractivity contribution in [3.8, 4) is 0 Å². The van der Waals surface area contributed by atoms with Crippen LogP contribution in [-0.2, 0) is 34.8 Å². The van der Waals surface area contributed by atoms with Crippen LogP contribution in [0.15, 0.2) is 35.4 Å². The first-order valence-corrected chi connectivity index (χ1v) is 21.8. The molecule has 0 bridgehead atoms. The molecule has 2 saturated heterocycles. The zero-order valence-corrected chi connectivity index (χ0v) is 33.0. The van der Waals surface area contributed by atoms with Crippen LogP contribution >= 0.6 is 11.8 Å². The van der Waals surface area contributed by atoms with Crippen LogP contribution in [0.5, 0.6) is 0 Å². The van der Waals surface area contributed by atoms with E-state index >= 15 is 0 Å². The van der Waals surface area contributed by atoms with E-state index in [2.05, 4.69) is 25.7 Å². The van der Waals surface area contributed by atoms with E-state index in [1.165, 1.54) is 40.0 Å². The minimum absolute atomic E-state index is 0.0203. The van der Waals surface area contributed by atoms with Crippen LogP contribution in [0.3, 0.4) is 0 Å². The van der Waals surface area contributed by atoms with Crippen molar-refractivity contribution >= 4 is 51.2 Å². The number of hydrogen-bond donors (Lipinski definition) is 5. The van der Waals surface area contributed by atoms with Crippen LogP contribution in [0.25, 0.3) is 0 Å². The average molecular weight is 801 g/mol. The number of rotatable bonds is 14. The van der Waals surface area contributed by atoms with Crippen molar-refractivity contribution in [3.05, 3.63) is 41.7 Å². The minimum atomic E-state index is -3.76. The summed E-state index contributed by atoms with van der Waals surface area (Å²) in [4.78, 5) is 69.8. The molecule has 3 heterocycles. The Labute approximate surface area is 325 Å². The molecule has 0 radical (unpaired) electrons. The maximum absolute atomic E-state index is 14.8. The number of aliphatic hydroxyl groups is 1. The lowest BCUT2D eigenvalue weighted by Crippen LogP contribution is -2.63. The Morgan fingerprint density at radius 2 is 1.69 bits per heavy atom. The van der Waals surface area contributed by atoms with E-state index in [1.807, 2.05) is 0 Å². The molecule has 1 aromatic carbocycles. The molecule has 18 heteroatoms. The van der Waals surface area contributed by atoms with E-state index in [0.717, 1.165) is 51.4 Å². The van der Waals surface area contributed by atoms with Gasteiger partial charge >= 0.3 is 0 Å². The van der Waals surface area contributed by atoms with E-state index in [-0.39, 0.29) is 48.2 Å². The van der Waals surface area contributed by atoms with Gasteiger partial charge in [0, 0.05) is 24.6 Å². The molecule has 2 aliphatic carbocycles. The standard InChI is InChI=1S/C37H52N8O8S2/c1-36(2,51)30-21-39-43-45(30)26-20-29(34(49)41-37(31(46)32(38)47)15-17-54-18-16-37)44(22-26)35(50)28(19-23-7-4-3-5-8-23)40-33(48)24-11-13-27(14-12-24)55(52,53)42-25-9-6-10-25/h11-14,21,23,25-26,28-29,42,51H,3-10,15-20,22H2,1-2H3,(H2,38,47)(H,40,48)(H,41,49)/t26?,28-,29?/m1/s1. The highest BCUT2D eigenvalue weighted by Gasteiger charge is 2.49. The lowest BCUT2D eigenvalue weighted by Gasteiger charge is -2.37. The minimum Gasteiger partial charge on any atom is -0.384 e. The molecule has 2 aliphatic heterocycles. The topological polar surface area (TPSA) is 236 Å². The molecule has 6 rings (SSSR count). The number of ketones is 1. The quantitative estimate of drug-likeness (QED) is 0.173. The molecule has 16 nitrogen and oxygen atoms in total.